The van der Waals surface area contributed by atoms with E-state index in [1.165, 1.54) is 6.92 Å². The van der Waals surface area contributed by atoms with E-state index in [-0.39, 0.29) is 18.2 Å². The molecule has 0 radical (unpaired) electrons. The number of ether oxygens (including phenoxy) is 6. The number of piperidine rings is 1. The molecule has 1 aromatic rings. The number of carbonyl (C=O) groups excluding carboxylic acids is 3. The Balaban J connectivity index is 1.26. The molecule has 43 heavy (non-hydrogen) atoms. The number of hydrogen-bond donors (Lipinski definition) is 1. The van der Waals surface area contributed by atoms with Crippen LogP contribution >= 0.6 is 0 Å². The van der Waals surface area contributed by atoms with Crippen LogP contribution in [0.15, 0.2) is 24.0 Å². The van der Waals surface area contributed by atoms with E-state index in [2.05, 4.69) is 11.0 Å². The van der Waals surface area contributed by atoms with Crippen LogP contribution in [0.3, 0.4) is 0 Å². The third-order valence-corrected chi connectivity index (χ3v) is 9.38. The molecule has 3 aliphatic heterocycles. The lowest BCUT2D eigenvalue weighted by Gasteiger charge is -2.61. The summed E-state index contributed by atoms with van der Waals surface area (Å²) in [4.78, 5) is 41.5. The van der Waals surface area contributed by atoms with Crippen LogP contribution in [0.5, 0.6) is 5.75 Å². The second-order valence-corrected chi connectivity index (χ2v) is 13.9. The summed E-state index contributed by atoms with van der Waals surface area (Å²) in [5.41, 5.74) is 0.400. The maximum atomic E-state index is 13.7. The van der Waals surface area contributed by atoms with Crippen molar-refractivity contribution >= 4 is 17.9 Å². The van der Waals surface area contributed by atoms with Gasteiger partial charge < -0.3 is 38.4 Å². The number of benzene rings is 1. The number of likely N-dealkylation sites (N-methyl/N-ethyl adjacent to an activating group) is 1. The van der Waals surface area contributed by atoms with E-state index in [0.29, 0.717) is 12.8 Å². The Hall–Kier alpha value is -2.99. The van der Waals surface area contributed by atoms with Crippen LogP contribution in [0.25, 0.3) is 0 Å². The molecule has 2 bridgehead atoms. The van der Waals surface area contributed by atoms with Crippen LogP contribution in [-0.2, 0) is 49.9 Å². The molecule has 2 fully saturated rings. The highest BCUT2D eigenvalue weighted by Gasteiger charge is 2.72. The van der Waals surface area contributed by atoms with Crippen LogP contribution in [0.4, 0.5) is 0 Å². The fourth-order valence-corrected chi connectivity index (χ4v) is 7.54. The van der Waals surface area contributed by atoms with Crippen LogP contribution < -0.4 is 4.74 Å². The molecule has 1 aromatic carbocycles. The lowest BCUT2D eigenvalue weighted by Crippen LogP contribution is -2.74. The van der Waals surface area contributed by atoms with Gasteiger partial charge >= 0.3 is 17.9 Å². The molecule has 1 spiro atoms. The van der Waals surface area contributed by atoms with Gasteiger partial charge in [0.05, 0.1) is 11.0 Å². The Bertz CT molecular complexity index is 1410. The summed E-state index contributed by atoms with van der Waals surface area (Å²) >= 11 is 0. The zero-order valence-corrected chi connectivity index (χ0v) is 26.0. The van der Waals surface area contributed by atoms with Gasteiger partial charge in [-0.1, -0.05) is 12.1 Å². The first-order chi connectivity index (χ1) is 20.0. The molecule has 0 saturated carbocycles. The Labute approximate surface area is 251 Å². The monoisotopic (exact) mass is 599 g/mol. The van der Waals surface area contributed by atoms with Crippen molar-refractivity contribution in [3.8, 4) is 5.75 Å². The zero-order chi connectivity index (χ0) is 31.3. The van der Waals surface area contributed by atoms with E-state index in [1.54, 1.807) is 40.7 Å². The predicted octanol–water partition coefficient (Wildman–Crippen LogP) is 2.61. The highest BCUT2D eigenvalue weighted by Crippen LogP contribution is 2.64. The van der Waals surface area contributed by atoms with Crippen molar-refractivity contribution in [2.75, 3.05) is 13.6 Å². The lowest BCUT2D eigenvalue weighted by atomic mass is 9.50. The number of hydrogen-bond acceptors (Lipinski definition) is 11. The van der Waals surface area contributed by atoms with Crippen LogP contribution in [0, 0.1) is 6.92 Å². The lowest BCUT2D eigenvalue weighted by molar-refractivity contribution is -0.184. The molecule has 2 saturated heterocycles. The number of carbonyl (C=O) groups is 3. The molecule has 0 unspecified atom stereocenters. The number of aliphatic hydroxyl groups is 1. The predicted molar refractivity (Wildman–Crippen MR) is 151 cm³/mol. The van der Waals surface area contributed by atoms with Crippen LogP contribution in [0.2, 0.25) is 0 Å². The summed E-state index contributed by atoms with van der Waals surface area (Å²) < 4.78 is 34.8. The Morgan fingerprint density at radius 3 is 2.47 bits per heavy atom. The van der Waals surface area contributed by atoms with E-state index < -0.39 is 64.7 Å². The van der Waals surface area contributed by atoms with E-state index >= 15 is 0 Å². The summed E-state index contributed by atoms with van der Waals surface area (Å²) in [6.45, 7) is 12.4. The minimum Gasteiger partial charge on any atom is -0.481 e. The van der Waals surface area contributed by atoms with Gasteiger partial charge in [-0.05, 0) is 92.1 Å². The summed E-state index contributed by atoms with van der Waals surface area (Å²) in [5.74, 6) is -2.85. The molecule has 1 N–H and O–H groups in total. The van der Waals surface area contributed by atoms with Crippen molar-refractivity contribution in [1.29, 1.82) is 0 Å². The Kier molecular flexibility index (Phi) is 6.82. The summed E-state index contributed by atoms with van der Waals surface area (Å²) in [5, 5.41) is 12.4. The summed E-state index contributed by atoms with van der Waals surface area (Å²) in [7, 11) is 2.03. The minimum absolute atomic E-state index is 0.125. The van der Waals surface area contributed by atoms with Crippen molar-refractivity contribution in [1.82, 2.24) is 4.90 Å². The number of aryl methyl sites for hydroxylation is 1. The second kappa shape index (κ2) is 9.76. The van der Waals surface area contributed by atoms with Gasteiger partial charge in [0.25, 0.3) is 0 Å². The van der Waals surface area contributed by atoms with Crippen molar-refractivity contribution in [2.24, 2.45) is 0 Å². The topological polar surface area (TPSA) is 130 Å². The Morgan fingerprint density at radius 2 is 1.79 bits per heavy atom. The molecule has 7 atom stereocenters. The van der Waals surface area contributed by atoms with Crippen molar-refractivity contribution < 1.29 is 47.9 Å². The largest absolute Gasteiger partial charge is 0.481 e. The first kappa shape index (κ1) is 30.1. The number of rotatable bonds is 5. The molecule has 0 amide bonds. The van der Waals surface area contributed by atoms with Gasteiger partial charge in [0, 0.05) is 18.0 Å². The molecule has 5 aliphatic rings. The maximum Gasteiger partial charge on any atom is 0.347 e. The fraction of sp³-hybridized carbons (Fsp3) is 0.656. The molecular formula is C32H41NO10. The number of likely N-dealkylation sites (tertiary alicyclic amines) is 1. The fourth-order valence-electron chi connectivity index (χ4n) is 7.54. The molecule has 6 rings (SSSR count). The smallest absolute Gasteiger partial charge is 0.347 e. The highest BCUT2D eigenvalue weighted by atomic mass is 16.8. The van der Waals surface area contributed by atoms with Gasteiger partial charge in [-0.2, -0.15) is 0 Å². The standard InChI is InChI=1S/C32H41NO10/c1-16-9-10-18-15-20-32(37)12-11-19(25-31(32,13-14-33(20)8)21(18)22(16)40-25)39-28(36)24-23(41-30(6,7)42-24)27(35)38-17(2)26(34)43-29(3,4)5/h9-11,17,20,23-25,37H,12-15H2,1-8H3/t17-,20+,23+,24+,25-,31-,32+/m0/s1. The van der Waals surface area contributed by atoms with E-state index in [4.69, 9.17) is 28.4 Å². The highest BCUT2D eigenvalue weighted by molar-refractivity contribution is 5.88. The molecule has 11 heteroatoms. The normalized spacial score (nSPS) is 34.4. The summed E-state index contributed by atoms with van der Waals surface area (Å²) in [6, 6.07) is 4.01. The molecule has 2 aliphatic carbocycles. The van der Waals surface area contributed by atoms with Gasteiger partial charge in [-0.25, -0.2) is 14.4 Å². The van der Waals surface area contributed by atoms with Crippen molar-refractivity contribution in [3.05, 3.63) is 40.7 Å². The van der Waals surface area contributed by atoms with E-state index in [0.717, 1.165) is 29.0 Å². The third kappa shape index (κ3) is 4.58. The SMILES string of the molecule is Cc1ccc2c3c1O[C@H]1C(OC(=O)[C@@H]4OC(C)(C)O[C@H]4C(=O)O[C@@H](C)C(=O)OC(C)(C)C)=CC[C@@]4(O)[C@@H](C2)N(C)CC[C@]314. The first-order valence-corrected chi connectivity index (χ1v) is 14.9. The van der Waals surface area contributed by atoms with Gasteiger partial charge in [-0.3, -0.25) is 0 Å². The summed E-state index contributed by atoms with van der Waals surface area (Å²) in [6.07, 6.45) is -1.62. The average Bonchev–Trinajstić information content (AvgIpc) is 3.43. The van der Waals surface area contributed by atoms with Crippen LogP contribution in [-0.4, -0.2) is 89.0 Å². The van der Waals surface area contributed by atoms with Gasteiger partial charge in [-0.15, -0.1) is 0 Å². The van der Waals surface area contributed by atoms with E-state index in [9.17, 15) is 19.5 Å². The van der Waals surface area contributed by atoms with Gasteiger partial charge in [0.15, 0.2) is 30.2 Å². The molecule has 3 heterocycles. The van der Waals surface area contributed by atoms with Gasteiger partial charge in [0.1, 0.15) is 17.1 Å². The zero-order valence-electron chi connectivity index (χ0n) is 26.0. The molecule has 11 nitrogen and oxygen atoms in total. The minimum atomic E-state index is -1.48. The second-order valence-electron chi connectivity index (χ2n) is 13.9. The van der Waals surface area contributed by atoms with E-state index in [1.807, 2.05) is 20.0 Å². The number of nitrogens with zero attached hydrogens (tertiary/aromatic N) is 1. The quantitative estimate of drug-likeness (QED) is 0.396. The Morgan fingerprint density at radius 1 is 1.12 bits per heavy atom. The maximum absolute atomic E-state index is 13.7. The molecule has 0 aromatic heterocycles. The molecule has 234 valence electrons. The van der Waals surface area contributed by atoms with Crippen molar-refractivity contribution in [2.45, 2.75) is 121 Å². The third-order valence-electron chi connectivity index (χ3n) is 9.38. The molecular weight excluding hydrogens is 558 g/mol. The average molecular weight is 600 g/mol. The van der Waals surface area contributed by atoms with Crippen LogP contribution in [0.1, 0.15) is 71.1 Å². The van der Waals surface area contributed by atoms with Gasteiger partial charge in [0.2, 0.25) is 0 Å². The first-order valence-electron chi connectivity index (χ1n) is 14.9. The number of esters is 3. The van der Waals surface area contributed by atoms with Crippen molar-refractivity contribution in [3.63, 3.8) is 0 Å².